The predicted octanol–water partition coefficient (Wildman–Crippen LogP) is 2.53. The van der Waals surface area contributed by atoms with Gasteiger partial charge in [-0.25, -0.2) is 0 Å². The molecule has 1 N–H and O–H groups in total. The molecule has 0 radical (unpaired) electrons. The van der Waals surface area contributed by atoms with Gasteiger partial charge >= 0.3 is 0 Å². The molecule has 1 aromatic rings. The van der Waals surface area contributed by atoms with Crippen LogP contribution in [0.1, 0.15) is 24.4 Å². The summed E-state index contributed by atoms with van der Waals surface area (Å²) < 4.78 is 5.84. The van der Waals surface area contributed by atoms with Crippen molar-refractivity contribution >= 4 is 11.6 Å². The molecule has 2 unspecified atom stereocenters. The molecule has 1 saturated heterocycles. The second-order valence-corrected chi connectivity index (χ2v) is 4.35. The summed E-state index contributed by atoms with van der Waals surface area (Å²) in [6.07, 6.45) is 2.66. The Morgan fingerprint density at radius 3 is 3.29 bits per heavy atom. The van der Waals surface area contributed by atoms with Gasteiger partial charge in [-0.15, -0.1) is 0 Å². The summed E-state index contributed by atoms with van der Waals surface area (Å²) in [5.41, 5.74) is 1.26. The average molecular weight is 210 g/mol. The molecule has 0 aromatic heterocycles. The average Bonchev–Trinajstić information content (AvgIpc) is 2.54. The summed E-state index contributed by atoms with van der Waals surface area (Å²) in [5, 5.41) is 4.24. The van der Waals surface area contributed by atoms with Crippen LogP contribution in [0.3, 0.4) is 0 Å². The van der Waals surface area contributed by atoms with Crippen molar-refractivity contribution in [2.75, 3.05) is 6.54 Å². The second kappa shape index (κ2) is 3.14. The minimum atomic E-state index is 0.317. The molecule has 2 nitrogen and oxygen atoms in total. The van der Waals surface area contributed by atoms with Crippen LogP contribution in [0.25, 0.3) is 0 Å². The van der Waals surface area contributed by atoms with Crippen LogP contribution in [0.4, 0.5) is 0 Å². The molecule has 0 bridgehead atoms. The molecule has 0 aliphatic carbocycles. The lowest BCUT2D eigenvalue weighted by molar-refractivity contribution is 0.154. The Morgan fingerprint density at radius 2 is 2.36 bits per heavy atom. The van der Waals surface area contributed by atoms with Gasteiger partial charge in [-0.05, 0) is 31.5 Å². The van der Waals surface area contributed by atoms with Gasteiger partial charge < -0.3 is 10.1 Å². The Kier molecular flexibility index (Phi) is 1.92. The van der Waals surface area contributed by atoms with Gasteiger partial charge in [0.05, 0.1) is 6.04 Å². The van der Waals surface area contributed by atoms with E-state index < -0.39 is 0 Å². The fourth-order valence-corrected chi connectivity index (χ4v) is 2.49. The number of hydrogen-bond donors (Lipinski definition) is 1. The van der Waals surface area contributed by atoms with Crippen LogP contribution in [0.2, 0.25) is 5.02 Å². The van der Waals surface area contributed by atoms with Crippen LogP contribution in [0.15, 0.2) is 18.2 Å². The zero-order valence-corrected chi connectivity index (χ0v) is 8.55. The van der Waals surface area contributed by atoms with Gasteiger partial charge in [-0.3, -0.25) is 0 Å². The van der Waals surface area contributed by atoms with Crippen molar-refractivity contribution in [1.82, 2.24) is 5.32 Å². The molecule has 2 aliphatic rings. The highest BCUT2D eigenvalue weighted by Gasteiger charge is 2.35. The fourth-order valence-electron chi connectivity index (χ4n) is 2.33. The standard InChI is InChI=1S/C11H12ClNO/c12-7-3-4-8-10(6-7)14-9-2-1-5-13-11(8)9/h3-4,6,9,11,13H,1-2,5H2. The van der Waals surface area contributed by atoms with E-state index in [0.29, 0.717) is 12.1 Å². The highest BCUT2D eigenvalue weighted by atomic mass is 35.5. The molecule has 2 heterocycles. The highest BCUT2D eigenvalue weighted by Crippen LogP contribution is 2.40. The summed E-state index contributed by atoms with van der Waals surface area (Å²) in [4.78, 5) is 0. The number of nitrogens with one attached hydrogen (secondary N) is 1. The molecule has 2 atom stereocenters. The van der Waals surface area contributed by atoms with Crippen molar-refractivity contribution in [3.63, 3.8) is 0 Å². The van der Waals surface area contributed by atoms with Crippen LogP contribution in [0.5, 0.6) is 5.75 Å². The Bertz CT molecular complexity index is 366. The van der Waals surface area contributed by atoms with Gasteiger partial charge in [0, 0.05) is 10.6 Å². The third kappa shape index (κ3) is 1.22. The smallest absolute Gasteiger partial charge is 0.126 e. The van der Waals surface area contributed by atoms with E-state index in [9.17, 15) is 0 Å². The summed E-state index contributed by atoms with van der Waals surface area (Å²) in [6.45, 7) is 1.09. The van der Waals surface area contributed by atoms with Crippen molar-refractivity contribution < 1.29 is 4.74 Å². The SMILES string of the molecule is Clc1ccc2c(c1)OC1CCCNC21. The van der Waals surface area contributed by atoms with E-state index in [-0.39, 0.29) is 0 Å². The van der Waals surface area contributed by atoms with Gasteiger partial charge in [-0.2, -0.15) is 0 Å². The maximum absolute atomic E-state index is 5.92. The largest absolute Gasteiger partial charge is 0.488 e. The van der Waals surface area contributed by atoms with Gasteiger partial charge in [-0.1, -0.05) is 17.7 Å². The molecule has 74 valence electrons. The molecule has 0 spiro atoms. The van der Waals surface area contributed by atoms with E-state index in [1.54, 1.807) is 0 Å². The molecule has 14 heavy (non-hydrogen) atoms. The Hall–Kier alpha value is -0.730. The number of halogens is 1. The molecule has 2 aliphatic heterocycles. The molecule has 1 aromatic carbocycles. The number of fused-ring (bicyclic) bond motifs is 3. The number of piperidine rings is 1. The lowest BCUT2D eigenvalue weighted by Crippen LogP contribution is -2.36. The maximum Gasteiger partial charge on any atom is 0.126 e. The molecular formula is C11H12ClNO. The Morgan fingerprint density at radius 1 is 1.43 bits per heavy atom. The topological polar surface area (TPSA) is 21.3 Å². The maximum atomic E-state index is 5.92. The molecule has 3 rings (SSSR count). The molecule has 1 fully saturated rings. The molecule has 3 heteroatoms. The van der Waals surface area contributed by atoms with Gasteiger partial charge in [0.15, 0.2) is 0 Å². The monoisotopic (exact) mass is 209 g/mol. The summed E-state index contributed by atoms with van der Waals surface area (Å²) in [6, 6.07) is 6.30. The zero-order valence-electron chi connectivity index (χ0n) is 7.79. The molecule has 0 amide bonds. The first-order valence-corrected chi connectivity index (χ1v) is 5.42. The lowest BCUT2D eigenvalue weighted by atomic mass is 9.97. The van der Waals surface area contributed by atoms with Crippen molar-refractivity contribution in [2.45, 2.75) is 25.0 Å². The van der Waals surface area contributed by atoms with Crippen molar-refractivity contribution in [2.24, 2.45) is 0 Å². The minimum Gasteiger partial charge on any atom is -0.488 e. The van der Waals surface area contributed by atoms with E-state index in [0.717, 1.165) is 23.7 Å². The fraction of sp³-hybridized carbons (Fsp3) is 0.455. The number of rotatable bonds is 0. The molecular weight excluding hydrogens is 198 g/mol. The lowest BCUT2D eigenvalue weighted by Gasteiger charge is -2.25. The van der Waals surface area contributed by atoms with E-state index in [4.69, 9.17) is 16.3 Å². The van der Waals surface area contributed by atoms with Crippen LogP contribution in [-0.4, -0.2) is 12.6 Å². The Balaban J connectivity index is 2.01. The van der Waals surface area contributed by atoms with Crippen LogP contribution < -0.4 is 10.1 Å². The van der Waals surface area contributed by atoms with E-state index >= 15 is 0 Å². The number of benzene rings is 1. The van der Waals surface area contributed by atoms with Crippen LogP contribution in [0, 0.1) is 0 Å². The van der Waals surface area contributed by atoms with Crippen LogP contribution >= 0.6 is 11.6 Å². The third-order valence-corrected chi connectivity index (χ3v) is 3.23. The van der Waals surface area contributed by atoms with E-state index in [1.807, 2.05) is 12.1 Å². The van der Waals surface area contributed by atoms with Crippen molar-refractivity contribution in [3.8, 4) is 5.75 Å². The van der Waals surface area contributed by atoms with Crippen molar-refractivity contribution in [1.29, 1.82) is 0 Å². The Labute approximate surface area is 88.2 Å². The van der Waals surface area contributed by atoms with E-state index in [1.165, 1.54) is 12.0 Å². The predicted molar refractivity (Wildman–Crippen MR) is 55.8 cm³/mol. The normalized spacial score (nSPS) is 29.2. The highest BCUT2D eigenvalue weighted by molar-refractivity contribution is 6.30. The zero-order chi connectivity index (χ0) is 9.54. The van der Waals surface area contributed by atoms with Crippen LogP contribution in [-0.2, 0) is 0 Å². The van der Waals surface area contributed by atoms with Gasteiger partial charge in [0.25, 0.3) is 0 Å². The minimum absolute atomic E-state index is 0.317. The molecule has 0 saturated carbocycles. The second-order valence-electron chi connectivity index (χ2n) is 3.91. The summed E-state index contributed by atoms with van der Waals surface area (Å²) >= 11 is 5.92. The quantitative estimate of drug-likeness (QED) is 0.709. The first-order chi connectivity index (χ1) is 6.84. The summed E-state index contributed by atoms with van der Waals surface area (Å²) in [7, 11) is 0. The number of hydrogen-bond acceptors (Lipinski definition) is 2. The first kappa shape index (κ1) is 8.57. The number of ether oxygens (including phenoxy) is 1. The van der Waals surface area contributed by atoms with Gasteiger partial charge in [0.2, 0.25) is 0 Å². The third-order valence-electron chi connectivity index (χ3n) is 2.99. The van der Waals surface area contributed by atoms with E-state index in [2.05, 4.69) is 11.4 Å². The summed E-state index contributed by atoms with van der Waals surface area (Å²) in [5.74, 6) is 0.960. The van der Waals surface area contributed by atoms with Gasteiger partial charge in [0.1, 0.15) is 11.9 Å². The van der Waals surface area contributed by atoms with Crippen molar-refractivity contribution in [3.05, 3.63) is 28.8 Å². The first-order valence-electron chi connectivity index (χ1n) is 5.04.